The van der Waals surface area contributed by atoms with Crippen LogP contribution in [0, 0.1) is 6.92 Å². The van der Waals surface area contributed by atoms with Gasteiger partial charge in [0, 0.05) is 4.47 Å². The number of fused-ring (bicyclic) bond motifs is 1. The summed E-state index contributed by atoms with van der Waals surface area (Å²) in [6.07, 6.45) is 0. The third-order valence-electron chi connectivity index (χ3n) is 4.32. The molecule has 0 fully saturated rings. The Bertz CT molecular complexity index is 1380. The highest BCUT2D eigenvalue weighted by molar-refractivity contribution is 9.10. The molecule has 0 spiro atoms. The van der Waals surface area contributed by atoms with Crippen LogP contribution in [0.5, 0.6) is 0 Å². The molecule has 1 heterocycles. The summed E-state index contributed by atoms with van der Waals surface area (Å²) in [6, 6.07) is 18.2. The number of nitrogens with zero attached hydrogens (tertiary/aromatic N) is 1. The molecule has 1 aromatic heterocycles. The zero-order valence-electron chi connectivity index (χ0n) is 15.2. The maximum atomic E-state index is 12.8. The van der Waals surface area contributed by atoms with Crippen LogP contribution in [0.1, 0.15) is 5.56 Å². The zero-order chi connectivity index (χ0) is 20.6. The highest BCUT2D eigenvalue weighted by Gasteiger charge is 2.18. The molecule has 0 saturated heterocycles. The molecular weight excluding hydrogens is 456 g/mol. The second kappa shape index (κ2) is 7.46. The van der Waals surface area contributed by atoms with Gasteiger partial charge in [0.25, 0.3) is 10.0 Å². The van der Waals surface area contributed by atoms with Crippen LogP contribution in [0.25, 0.3) is 22.4 Å². The van der Waals surface area contributed by atoms with Gasteiger partial charge in [-0.3, -0.25) is 4.72 Å². The van der Waals surface area contributed by atoms with Crippen molar-refractivity contribution in [2.24, 2.45) is 0 Å². The largest absolute Gasteiger partial charge is 0.403 e. The number of aromatic nitrogens is 1. The molecule has 0 aliphatic heterocycles. The van der Waals surface area contributed by atoms with Gasteiger partial charge in [0.05, 0.1) is 27.0 Å². The summed E-state index contributed by atoms with van der Waals surface area (Å²) in [5, 5.41) is 0.334. The van der Waals surface area contributed by atoms with Crippen molar-refractivity contribution in [3.05, 3.63) is 87.2 Å². The van der Waals surface area contributed by atoms with E-state index in [1.54, 1.807) is 54.6 Å². The predicted octanol–water partition coefficient (Wildman–Crippen LogP) is 4.73. The smallest absolute Gasteiger partial charge is 0.347 e. The van der Waals surface area contributed by atoms with E-state index in [-0.39, 0.29) is 16.5 Å². The number of benzene rings is 3. The third kappa shape index (κ3) is 3.94. The Morgan fingerprint density at radius 2 is 1.72 bits per heavy atom. The number of aryl methyl sites for hydroxylation is 1. The van der Waals surface area contributed by atoms with Gasteiger partial charge in [0.15, 0.2) is 0 Å². The average molecular weight is 471 g/mol. The number of halogens is 1. The van der Waals surface area contributed by atoms with Gasteiger partial charge in [-0.05, 0) is 49.4 Å². The molecule has 0 saturated carbocycles. The maximum Gasteiger partial charge on any atom is 0.347 e. The van der Waals surface area contributed by atoms with E-state index in [0.717, 1.165) is 10.0 Å². The standard InChI is InChI=1S/C21H15BrN2O4S/c1-13-6-9-15(10-7-13)29(26,27)24-19-5-3-2-4-16(19)20-23-18-11-8-14(22)12-17(18)21(25)28-20/h2-12,24H,1H3. The van der Waals surface area contributed by atoms with E-state index in [0.29, 0.717) is 16.5 Å². The van der Waals surface area contributed by atoms with Crippen LogP contribution in [0.4, 0.5) is 5.69 Å². The van der Waals surface area contributed by atoms with E-state index in [1.165, 1.54) is 12.1 Å². The molecule has 8 heteroatoms. The minimum absolute atomic E-state index is 0.0343. The van der Waals surface area contributed by atoms with E-state index >= 15 is 0 Å². The fourth-order valence-corrected chi connectivity index (χ4v) is 4.28. The van der Waals surface area contributed by atoms with Crippen LogP contribution in [0.3, 0.4) is 0 Å². The van der Waals surface area contributed by atoms with Gasteiger partial charge in [-0.25, -0.2) is 18.2 Å². The van der Waals surface area contributed by atoms with Gasteiger partial charge in [0.1, 0.15) is 0 Å². The van der Waals surface area contributed by atoms with Crippen molar-refractivity contribution in [3.8, 4) is 11.5 Å². The van der Waals surface area contributed by atoms with Crippen molar-refractivity contribution in [1.29, 1.82) is 0 Å². The van der Waals surface area contributed by atoms with Gasteiger partial charge in [0.2, 0.25) is 5.89 Å². The van der Waals surface area contributed by atoms with Crippen LogP contribution in [-0.2, 0) is 10.0 Å². The van der Waals surface area contributed by atoms with Crippen molar-refractivity contribution in [1.82, 2.24) is 4.98 Å². The zero-order valence-corrected chi connectivity index (χ0v) is 17.6. The van der Waals surface area contributed by atoms with Gasteiger partial charge in [-0.1, -0.05) is 45.8 Å². The highest BCUT2D eigenvalue weighted by Crippen LogP contribution is 2.29. The van der Waals surface area contributed by atoms with Crippen molar-refractivity contribution in [2.75, 3.05) is 4.72 Å². The first-order valence-corrected chi connectivity index (χ1v) is 10.9. The predicted molar refractivity (Wildman–Crippen MR) is 115 cm³/mol. The summed E-state index contributed by atoms with van der Waals surface area (Å²) < 4.78 is 34.2. The van der Waals surface area contributed by atoms with Crippen LogP contribution in [0.15, 0.2) is 85.3 Å². The first-order valence-electron chi connectivity index (χ1n) is 8.63. The lowest BCUT2D eigenvalue weighted by molar-refractivity contribution is 0.518. The van der Waals surface area contributed by atoms with Crippen molar-refractivity contribution >= 4 is 42.5 Å². The van der Waals surface area contributed by atoms with Crippen molar-refractivity contribution < 1.29 is 12.8 Å². The summed E-state index contributed by atoms with van der Waals surface area (Å²) >= 11 is 3.32. The molecule has 0 aliphatic carbocycles. The molecule has 29 heavy (non-hydrogen) atoms. The molecule has 0 radical (unpaired) electrons. The molecule has 0 atom stereocenters. The Kier molecular flexibility index (Phi) is 4.97. The monoisotopic (exact) mass is 470 g/mol. The Balaban J connectivity index is 1.80. The second-order valence-electron chi connectivity index (χ2n) is 6.43. The van der Waals surface area contributed by atoms with Crippen LogP contribution in [0.2, 0.25) is 0 Å². The van der Waals surface area contributed by atoms with Crippen LogP contribution in [-0.4, -0.2) is 13.4 Å². The van der Waals surface area contributed by atoms with E-state index < -0.39 is 15.6 Å². The van der Waals surface area contributed by atoms with Gasteiger partial charge >= 0.3 is 5.63 Å². The number of sulfonamides is 1. The average Bonchev–Trinajstić information content (AvgIpc) is 2.69. The summed E-state index contributed by atoms with van der Waals surface area (Å²) in [6.45, 7) is 1.88. The molecule has 146 valence electrons. The van der Waals surface area contributed by atoms with E-state index in [2.05, 4.69) is 25.6 Å². The Hall–Kier alpha value is -2.97. The molecule has 4 rings (SSSR count). The number of rotatable bonds is 4. The van der Waals surface area contributed by atoms with Gasteiger partial charge < -0.3 is 4.42 Å². The number of anilines is 1. The number of para-hydroxylation sites is 1. The first kappa shape index (κ1) is 19.4. The Morgan fingerprint density at radius 3 is 2.48 bits per heavy atom. The molecule has 1 N–H and O–H groups in total. The molecule has 6 nitrogen and oxygen atoms in total. The van der Waals surface area contributed by atoms with Gasteiger partial charge in [-0.2, -0.15) is 0 Å². The quantitative estimate of drug-likeness (QED) is 0.465. The first-order chi connectivity index (χ1) is 13.8. The minimum Gasteiger partial charge on any atom is -0.403 e. The molecule has 0 bridgehead atoms. The molecule has 4 aromatic rings. The third-order valence-corrected chi connectivity index (χ3v) is 6.20. The molecule has 0 amide bonds. The fourth-order valence-electron chi connectivity index (χ4n) is 2.84. The molecule has 0 aliphatic rings. The van der Waals surface area contributed by atoms with Crippen LogP contribution >= 0.6 is 15.9 Å². The van der Waals surface area contributed by atoms with Crippen molar-refractivity contribution in [3.63, 3.8) is 0 Å². The Labute approximate surface area is 175 Å². The highest BCUT2D eigenvalue weighted by atomic mass is 79.9. The maximum absolute atomic E-state index is 12.8. The number of nitrogens with one attached hydrogen (secondary N) is 1. The lowest BCUT2D eigenvalue weighted by Gasteiger charge is -2.12. The van der Waals surface area contributed by atoms with Crippen LogP contribution < -0.4 is 10.3 Å². The second-order valence-corrected chi connectivity index (χ2v) is 9.03. The molecule has 3 aromatic carbocycles. The molecular formula is C21H15BrN2O4S. The van der Waals surface area contributed by atoms with E-state index in [1.807, 2.05) is 6.92 Å². The Morgan fingerprint density at radius 1 is 1.00 bits per heavy atom. The molecule has 0 unspecified atom stereocenters. The van der Waals surface area contributed by atoms with Gasteiger partial charge in [-0.15, -0.1) is 0 Å². The van der Waals surface area contributed by atoms with E-state index in [9.17, 15) is 13.2 Å². The normalized spacial score (nSPS) is 11.5. The topological polar surface area (TPSA) is 89.3 Å². The lowest BCUT2D eigenvalue weighted by atomic mass is 10.1. The number of hydrogen-bond donors (Lipinski definition) is 1. The number of hydrogen-bond acceptors (Lipinski definition) is 5. The fraction of sp³-hybridized carbons (Fsp3) is 0.0476. The lowest BCUT2D eigenvalue weighted by Crippen LogP contribution is -2.14. The summed E-state index contributed by atoms with van der Waals surface area (Å²) in [5.41, 5.74) is 1.49. The summed E-state index contributed by atoms with van der Waals surface area (Å²) in [4.78, 5) is 16.9. The minimum atomic E-state index is -3.82. The van der Waals surface area contributed by atoms with Crippen molar-refractivity contribution in [2.45, 2.75) is 11.8 Å². The SMILES string of the molecule is Cc1ccc(S(=O)(=O)Nc2ccccc2-c2nc3ccc(Br)cc3c(=O)o2)cc1. The van der Waals surface area contributed by atoms with E-state index in [4.69, 9.17) is 4.42 Å². The summed E-state index contributed by atoms with van der Waals surface area (Å²) in [7, 11) is -3.82. The summed E-state index contributed by atoms with van der Waals surface area (Å²) in [5.74, 6) is 0.0343.